The monoisotopic (exact) mass is 554 g/mol. The highest BCUT2D eigenvalue weighted by molar-refractivity contribution is 8.04. The Morgan fingerprint density at radius 1 is 1.10 bits per heavy atom. The highest BCUT2D eigenvalue weighted by atomic mass is 32.2. The number of Topliss-reactive ketones (excluding diaryl/α,β-unsaturated/α-hetero) is 1. The maximum Gasteiger partial charge on any atom is 0.293 e. The van der Waals surface area contributed by atoms with Crippen molar-refractivity contribution in [1.82, 2.24) is 19.5 Å². The minimum atomic E-state index is -4.50. The third kappa shape index (κ3) is 5.65. The Morgan fingerprint density at radius 3 is 2.38 bits per heavy atom. The molecular formula is C28H34N4O6S. The van der Waals surface area contributed by atoms with E-state index in [4.69, 9.17) is 0 Å². The van der Waals surface area contributed by atoms with E-state index in [-0.39, 0.29) is 23.9 Å². The Hall–Kier alpha value is -3.44. The molecule has 0 radical (unpaired) electrons. The van der Waals surface area contributed by atoms with Gasteiger partial charge in [-0.3, -0.25) is 24.2 Å². The van der Waals surface area contributed by atoms with E-state index >= 15 is 0 Å². The van der Waals surface area contributed by atoms with Crippen LogP contribution in [0.4, 0.5) is 0 Å². The smallest absolute Gasteiger partial charge is 0.293 e. The first-order valence-electron chi connectivity index (χ1n) is 13.1. The molecule has 0 spiro atoms. The molecule has 2 aliphatic heterocycles. The van der Waals surface area contributed by atoms with E-state index in [1.165, 1.54) is 23.2 Å². The number of carbonyl (C=O) groups is 4. The number of amides is 2. The lowest BCUT2D eigenvalue weighted by Gasteiger charge is -2.28. The topological polar surface area (TPSA) is 134 Å². The Balaban J connectivity index is 1.50. The van der Waals surface area contributed by atoms with Crippen molar-refractivity contribution in [3.63, 3.8) is 0 Å². The highest BCUT2D eigenvalue weighted by Gasteiger charge is 2.55. The first kappa shape index (κ1) is 28.6. The average Bonchev–Trinajstić information content (AvgIpc) is 3.49. The molecule has 1 N–H and O–H groups in total. The zero-order valence-corrected chi connectivity index (χ0v) is 23.4. The van der Waals surface area contributed by atoms with Gasteiger partial charge in [-0.25, -0.2) is 8.42 Å². The summed E-state index contributed by atoms with van der Waals surface area (Å²) in [6.45, 7) is 7.77. The number of hydrogen-bond donors (Lipinski definition) is 1. The SMILES string of the molecule is CCCC(NC(=O)c1ccc(C(C)(C)C)cc1)C(=O)N1CCC2C1C(=O)CN2S(=O)(=O)C(=O)c1cccnc1. The summed E-state index contributed by atoms with van der Waals surface area (Å²) < 4.78 is 27.2. The highest BCUT2D eigenvalue weighted by Crippen LogP contribution is 2.33. The molecule has 10 nitrogen and oxygen atoms in total. The number of likely N-dealkylation sites (tertiary alicyclic amines) is 1. The number of carbonyl (C=O) groups excluding carboxylic acids is 4. The molecule has 3 heterocycles. The van der Waals surface area contributed by atoms with Gasteiger partial charge in [0.15, 0.2) is 5.78 Å². The van der Waals surface area contributed by atoms with E-state index in [1.807, 2.05) is 19.1 Å². The van der Waals surface area contributed by atoms with Gasteiger partial charge in [0.25, 0.3) is 21.0 Å². The fourth-order valence-corrected chi connectivity index (χ4v) is 6.70. The van der Waals surface area contributed by atoms with Crippen molar-refractivity contribution in [2.75, 3.05) is 13.1 Å². The summed E-state index contributed by atoms with van der Waals surface area (Å²) in [5, 5.41) is 1.67. The number of nitrogens with zero attached hydrogens (tertiary/aromatic N) is 3. The van der Waals surface area contributed by atoms with E-state index in [1.54, 1.807) is 12.1 Å². The first-order valence-corrected chi connectivity index (χ1v) is 14.5. The fourth-order valence-electron chi connectivity index (χ4n) is 5.19. The number of hydrogen-bond acceptors (Lipinski definition) is 7. The fraction of sp³-hybridized carbons (Fsp3) is 0.464. The summed E-state index contributed by atoms with van der Waals surface area (Å²) in [6, 6.07) is 7.30. The lowest BCUT2D eigenvalue weighted by Crippen LogP contribution is -2.52. The maximum absolute atomic E-state index is 13.6. The van der Waals surface area contributed by atoms with Gasteiger partial charge in [-0.1, -0.05) is 46.2 Å². The lowest BCUT2D eigenvalue weighted by molar-refractivity contribution is -0.138. The zero-order valence-electron chi connectivity index (χ0n) is 22.6. The van der Waals surface area contributed by atoms with Crippen LogP contribution in [0.5, 0.6) is 0 Å². The van der Waals surface area contributed by atoms with Crippen LogP contribution in [0.1, 0.15) is 73.2 Å². The molecule has 2 fully saturated rings. The standard InChI is InChI=1S/C28H34N4O6S/c1-5-7-21(30-25(34)18-9-11-20(12-10-18)28(2,3)4)26(35)31-15-13-22-24(31)23(33)17-32(22)39(37,38)27(36)19-8-6-14-29-16-19/h6,8-12,14,16,21-22,24H,5,7,13,15,17H2,1-4H3,(H,30,34). The number of ketones is 1. The summed E-state index contributed by atoms with van der Waals surface area (Å²) in [7, 11) is -4.50. The molecule has 0 saturated carbocycles. The summed E-state index contributed by atoms with van der Waals surface area (Å²) in [5.74, 6) is -1.29. The van der Waals surface area contributed by atoms with Crippen molar-refractivity contribution < 1.29 is 27.6 Å². The number of benzene rings is 1. The molecule has 11 heteroatoms. The Morgan fingerprint density at radius 2 is 1.79 bits per heavy atom. The van der Waals surface area contributed by atoms with E-state index in [0.29, 0.717) is 18.4 Å². The first-order chi connectivity index (χ1) is 18.4. The van der Waals surface area contributed by atoms with E-state index < -0.39 is 57.4 Å². The summed E-state index contributed by atoms with van der Waals surface area (Å²) in [6.07, 6.45) is 3.76. The van der Waals surface area contributed by atoms with E-state index in [9.17, 15) is 27.6 Å². The lowest BCUT2D eigenvalue weighted by atomic mass is 9.86. The molecular weight excluding hydrogens is 520 g/mol. The van der Waals surface area contributed by atoms with Crippen LogP contribution in [0.2, 0.25) is 0 Å². The number of nitrogens with one attached hydrogen (secondary N) is 1. The van der Waals surface area contributed by atoms with Crippen molar-refractivity contribution in [2.45, 2.75) is 70.5 Å². The molecule has 0 bridgehead atoms. The molecule has 1 aromatic carbocycles. The molecule has 2 aliphatic rings. The van der Waals surface area contributed by atoms with Gasteiger partial charge < -0.3 is 10.2 Å². The van der Waals surface area contributed by atoms with E-state index in [2.05, 4.69) is 31.1 Å². The van der Waals surface area contributed by atoms with Crippen molar-refractivity contribution in [1.29, 1.82) is 0 Å². The summed E-state index contributed by atoms with van der Waals surface area (Å²) in [5.41, 5.74) is 1.32. The predicted octanol–water partition coefficient (Wildman–Crippen LogP) is 2.30. The minimum Gasteiger partial charge on any atom is -0.340 e. The van der Waals surface area contributed by atoms with Crippen LogP contribution in [0.3, 0.4) is 0 Å². The van der Waals surface area contributed by atoms with Gasteiger partial charge in [0.2, 0.25) is 5.91 Å². The van der Waals surface area contributed by atoms with Gasteiger partial charge in [0.1, 0.15) is 12.1 Å². The van der Waals surface area contributed by atoms with Crippen LogP contribution in [0.25, 0.3) is 0 Å². The van der Waals surface area contributed by atoms with Crippen LogP contribution in [-0.2, 0) is 25.0 Å². The molecule has 3 unspecified atom stereocenters. The molecule has 2 saturated heterocycles. The van der Waals surface area contributed by atoms with Gasteiger partial charge in [-0.05, 0) is 48.1 Å². The van der Waals surface area contributed by atoms with Crippen LogP contribution in [0.15, 0.2) is 48.8 Å². The number of aromatic nitrogens is 1. The number of rotatable bonds is 7. The molecule has 2 aromatic rings. The molecule has 1 aromatic heterocycles. The van der Waals surface area contributed by atoms with Crippen molar-refractivity contribution in [2.24, 2.45) is 0 Å². The Kier molecular flexibility index (Phi) is 8.04. The molecule has 208 valence electrons. The van der Waals surface area contributed by atoms with Crippen molar-refractivity contribution >= 4 is 32.7 Å². The number of sulfonamides is 1. The second-order valence-corrected chi connectivity index (χ2v) is 12.8. The molecule has 39 heavy (non-hydrogen) atoms. The second-order valence-electron chi connectivity index (χ2n) is 11.0. The normalized spacial score (nSPS) is 20.5. The van der Waals surface area contributed by atoms with Gasteiger partial charge in [-0.15, -0.1) is 0 Å². The van der Waals surface area contributed by atoms with E-state index in [0.717, 1.165) is 16.1 Å². The molecule has 2 amide bonds. The maximum atomic E-state index is 13.6. The predicted molar refractivity (Wildman–Crippen MR) is 144 cm³/mol. The number of fused-ring (bicyclic) bond motifs is 1. The summed E-state index contributed by atoms with van der Waals surface area (Å²) >= 11 is 0. The largest absolute Gasteiger partial charge is 0.340 e. The third-order valence-electron chi connectivity index (χ3n) is 7.29. The van der Waals surface area contributed by atoms with Gasteiger partial charge in [0.05, 0.1) is 18.2 Å². The Labute approximate surface area is 228 Å². The van der Waals surface area contributed by atoms with Gasteiger partial charge >= 0.3 is 0 Å². The quantitative estimate of drug-likeness (QED) is 0.555. The minimum absolute atomic E-state index is 0.0697. The van der Waals surface area contributed by atoms with Crippen molar-refractivity contribution in [3.05, 3.63) is 65.5 Å². The average molecular weight is 555 g/mol. The van der Waals surface area contributed by atoms with Crippen molar-refractivity contribution in [3.8, 4) is 0 Å². The third-order valence-corrected chi connectivity index (χ3v) is 9.02. The second kappa shape index (κ2) is 11.0. The van der Waals surface area contributed by atoms with Crippen LogP contribution < -0.4 is 5.32 Å². The van der Waals surface area contributed by atoms with Crippen LogP contribution in [0, 0.1) is 0 Å². The Bertz CT molecular complexity index is 1370. The van der Waals surface area contributed by atoms with Gasteiger partial charge in [0, 0.05) is 24.5 Å². The molecule has 4 rings (SSSR count). The molecule has 3 atom stereocenters. The molecule has 0 aliphatic carbocycles. The van der Waals surface area contributed by atoms with Gasteiger partial charge in [-0.2, -0.15) is 4.31 Å². The number of pyridine rings is 1. The van der Waals surface area contributed by atoms with Crippen LogP contribution >= 0.6 is 0 Å². The summed E-state index contributed by atoms with van der Waals surface area (Å²) in [4.78, 5) is 57.6. The van der Waals surface area contributed by atoms with Crippen LogP contribution in [-0.4, -0.2) is 76.5 Å². The zero-order chi connectivity index (χ0) is 28.5.